The van der Waals surface area contributed by atoms with Crippen LogP contribution < -0.4 is 5.32 Å². The zero-order valence-corrected chi connectivity index (χ0v) is 9.09. The molecule has 1 rings (SSSR count). The normalized spacial score (nSPS) is 11.0. The molecule has 0 bridgehead atoms. The van der Waals surface area contributed by atoms with Gasteiger partial charge in [-0.05, 0) is 24.0 Å². The number of para-hydroxylation sites is 1. The van der Waals surface area contributed by atoms with E-state index in [1.807, 2.05) is 24.3 Å². The van der Waals surface area contributed by atoms with Crippen molar-refractivity contribution in [1.29, 1.82) is 0 Å². The maximum atomic E-state index is 3.77. The van der Waals surface area contributed by atoms with Crippen molar-refractivity contribution in [2.45, 2.75) is 20.3 Å². The second-order valence-corrected chi connectivity index (χ2v) is 4.38. The van der Waals surface area contributed by atoms with E-state index in [4.69, 9.17) is 0 Å². The number of benzene rings is 1. The Morgan fingerprint density at radius 2 is 1.93 bits per heavy atom. The largest absolute Gasteiger partial charge is 0.384 e. The van der Waals surface area contributed by atoms with E-state index in [-0.39, 0.29) is 5.41 Å². The summed E-state index contributed by atoms with van der Waals surface area (Å²) in [7, 11) is 0. The highest BCUT2D eigenvalue weighted by Crippen LogP contribution is 2.21. The molecular weight excluding hydrogens is 170 g/mol. The number of anilines is 1. The fourth-order valence-corrected chi connectivity index (χ4v) is 1.36. The van der Waals surface area contributed by atoms with E-state index in [9.17, 15) is 0 Å². The molecule has 1 aromatic rings. The summed E-state index contributed by atoms with van der Waals surface area (Å²) >= 11 is 0. The fourth-order valence-electron chi connectivity index (χ4n) is 1.36. The fraction of sp³-hybridized carbons (Fsp3) is 0.385. The first-order valence-electron chi connectivity index (χ1n) is 5.04. The van der Waals surface area contributed by atoms with Crippen LogP contribution in [0.15, 0.2) is 43.0 Å². The first-order valence-corrected chi connectivity index (χ1v) is 5.04. The summed E-state index contributed by atoms with van der Waals surface area (Å²) in [6.45, 7) is 9.23. The van der Waals surface area contributed by atoms with Gasteiger partial charge >= 0.3 is 0 Å². The quantitative estimate of drug-likeness (QED) is 0.696. The molecule has 0 fully saturated rings. The summed E-state index contributed by atoms with van der Waals surface area (Å²) in [5, 5.41) is 3.42. The van der Waals surface area contributed by atoms with Crippen LogP contribution in [0.4, 0.5) is 5.69 Å². The Morgan fingerprint density at radius 1 is 1.29 bits per heavy atom. The lowest BCUT2D eigenvalue weighted by molar-refractivity contribution is 0.398. The van der Waals surface area contributed by atoms with Crippen LogP contribution in [0.25, 0.3) is 0 Å². The van der Waals surface area contributed by atoms with Gasteiger partial charge in [-0.1, -0.05) is 38.1 Å². The number of allylic oxidation sites excluding steroid dienone is 1. The van der Waals surface area contributed by atoms with Crippen LogP contribution in [0.5, 0.6) is 0 Å². The third-order valence-corrected chi connectivity index (χ3v) is 2.24. The van der Waals surface area contributed by atoms with E-state index < -0.39 is 0 Å². The van der Waals surface area contributed by atoms with Gasteiger partial charge < -0.3 is 5.32 Å². The Hall–Kier alpha value is -1.24. The molecule has 0 atom stereocenters. The molecule has 0 aliphatic carbocycles. The molecule has 0 saturated carbocycles. The van der Waals surface area contributed by atoms with Crippen LogP contribution in [0.2, 0.25) is 0 Å². The zero-order valence-electron chi connectivity index (χ0n) is 9.09. The van der Waals surface area contributed by atoms with Crippen molar-refractivity contribution < 1.29 is 0 Å². The van der Waals surface area contributed by atoms with Gasteiger partial charge in [-0.25, -0.2) is 0 Å². The van der Waals surface area contributed by atoms with Gasteiger partial charge in [0.1, 0.15) is 0 Å². The molecule has 1 heteroatoms. The minimum absolute atomic E-state index is 0.275. The molecular formula is C13H19N. The van der Waals surface area contributed by atoms with Crippen LogP contribution in [0, 0.1) is 5.41 Å². The van der Waals surface area contributed by atoms with Crippen LogP contribution in [0.1, 0.15) is 20.3 Å². The Balaban J connectivity index is 2.44. The summed E-state index contributed by atoms with van der Waals surface area (Å²) < 4.78 is 0. The van der Waals surface area contributed by atoms with E-state index in [1.165, 1.54) is 5.69 Å². The summed E-state index contributed by atoms with van der Waals surface area (Å²) in [5.41, 5.74) is 1.46. The van der Waals surface area contributed by atoms with Crippen molar-refractivity contribution in [2.24, 2.45) is 5.41 Å². The van der Waals surface area contributed by atoms with Gasteiger partial charge in [0.05, 0.1) is 0 Å². The highest BCUT2D eigenvalue weighted by molar-refractivity contribution is 5.42. The smallest absolute Gasteiger partial charge is 0.0340 e. The number of hydrogen-bond acceptors (Lipinski definition) is 1. The maximum absolute atomic E-state index is 3.77. The summed E-state index contributed by atoms with van der Waals surface area (Å²) in [6.07, 6.45) is 3.01. The minimum atomic E-state index is 0.275. The van der Waals surface area contributed by atoms with Gasteiger partial charge in [0.15, 0.2) is 0 Å². The Labute approximate surface area is 86.8 Å². The number of hydrogen-bond donors (Lipinski definition) is 1. The van der Waals surface area contributed by atoms with Gasteiger partial charge in [-0.15, -0.1) is 6.58 Å². The molecule has 1 N–H and O–H groups in total. The van der Waals surface area contributed by atoms with E-state index in [0.717, 1.165) is 13.0 Å². The third kappa shape index (κ3) is 3.65. The SMILES string of the molecule is C=CCC(C)(C)CNc1ccccc1. The lowest BCUT2D eigenvalue weighted by atomic mass is 9.89. The van der Waals surface area contributed by atoms with Crippen molar-refractivity contribution in [3.8, 4) is 0 Å². The highest BCUT2D eigenvalue weighted by atomic mass is 14.9. The number of nitrogens with one attached hydrogen (secondary N) is 1. The van der Waals surface area contributed by atoms with Crippen LogP contribution >= 0.6 is 0 Å². The predicted octanol–water partition coefficient (Wildman–Crippen LogP) is 3.70. The first-order chi connectivity index (χ1) is 6.64. The number of rotatable bonds is 5. The molecule has 0 aliphatic heterocycles. The van der Waals surface area contributed by atoms with E-state index in [2.05, 4.69) is 37.9 Å². The molecule has 0 unspecified atom stereocenters. The van der Waals surface area contributed by atoms with Crippen molar-refractivity contribution in [2.75, 3.05) is 11.9 Å². The Kier molecular flexibility index (Phi) is 3.75. The summed E-state index contributed by atoms with van der Waals surface area (Å²) in [4.78, 5) is 0. The van der Waals surface area contributed by atoms with E-state index >= 15 is 0 Å². The summed E-state index contributed by atoms with van der Waals surface area (Å²) in [6, 6.07) is 10.3. The molecule has 1 nitrogen and oxygen atoms in total. The second kappa shape index (κ2) is 4.85. The first kappa shape index (κ1) is 10.8. The Morgan fingerprint density at radius 3 is 2.50 bits per heavy atom. The molecule has 0 spiro atoms. The van der Waals surface area contributed by atoms with Crippen molar-refractivity contribution in [3.05, 3.63) is 43.0 Å². The molecule has 0 amide bonds. The lowest BCUT2D eigenvalue weighted by Crippen LogP contribution is -2.22. The summed E-state index contributed by atoms with van der Waals surface area (Å²) in [5.74, 6) is 0. The molecule has 0 heterocycles. The average Bonchev–Trinajstić information content (AvgIpc) is 2.17. The zero-order chi connectivity index (χ0) is 10.4. The second-order valence-electron chi connectivity index (χ2n) is 4.38. The lowest BCUT2D eigenvalue weighted by Gasteiger charge is -2.23. The maximum Gasteiger partial charge on any atom is 0.0340 e. The standard InChI is InChI=1S/C13H19N/c1-4-10-13(2,3)11-14-12-8-6-5-7-9-12/h4-9,14H,1,10-11H2,2-3H3. The third-order valence-electron chi connectivity index (χ3n) is 2.24. The van der Waals surface area contributed by atoms with Gasteiger partial charge in [-0.3, -0.25) is 0 Å². The topological polar surface area (TPSA) is 12.0 Å². The van der Waals surface area contributed by atoms with Gasteiger partial charge in [-0.2, -0.15) is 0 Å². The molecule has 0 aliphatic rings. The van der Waals surface area contributed by atoms with E-state index in [0.29, 0.717) is 0 Å². The molecule has 14 heavy (non-hydrogen) atoms. The highest BCUT2D eigenvalue weighted by Gasteiger charge is 2.14. The van der Waals surface area contributed by atoms with Crippen molar-refractivity contribution >= 4 is 5.69 Å². The molecule has 0 radical (unpaired) electrons. The molecule has 1 aromatic carbocycles. The van der Waals surface area contributed by atoms with Crippen molar-refractivity contribution in [3.63, 3.8) is 0 Å². The van der Waals surface area contributed by atoms with Gasteiger partial charge in [0.25, 0.3) is 0 Å². The van der Waals surface area contributed by atoms with E-state index in [1.54, 1.807) is 0 Å². The average molecular weight is 189 g/mol. The molecule has 0 saturated heterocycles. The van der Waals surface area contributed by atoms with Crippen molar-refractivity contribution in [1.82, 2.24) is 0 Å². The predicted molar refractivity (Wildman–Crippen MR) is 63.5 cm³/mol. The monoisotopic (exact) mass is 189 g/mol. The minimum Gasteiger partial charge on any atom is -0.384 e. The Bertz CT molecular complexity index is 275. The van der Waals surface area contributed by atoms with Crippen LogP contribution in [-0.2, 0) is 0 Å². The van der Waals surface area contributed by atoms with Crippen LogP contribution in [-0.4, -0.2) is 6.54 Å². The molecule has 76 valence electrons. The van der Waals surface area contributed by atoms with Gasteiger partial charge in [0, 0.05) is 12.2 Å². The molecule has 0 aromatic heterocycles. The van der Waals surface area contributed by atoms with Crippen LogP contribution in [0.3, 0.4) is 0 Å². The van der Waals surface area contributed by atoms with Gasteiger partial charge in [0.2, 0.25) is 0 Å².